The number of ether oxygens (including phenoxy) is 1. The van der Waals surface area contributed by atoms with Crippen LogP contribution < -0.4 is 10.2 Å². The smallest absolute Gasteiger partial charge is 0.226 e. The van der Waals surface area contributed by atoms with Gasteiger partial charge >= 0.3 is 0 Å². The topological polar surface area (TPSA) is 50.3 Å². The number of rotatable bonds is 4. The molecule has 1 aromatic rings. The highest BCUT2D eigenvalue weighted by Crippen LogP contribution is 2.15. The van der Waals surface area contributed by atoms with Crippen LogP contribution in [0.15, 0.2) is 12.3 Å². The van der Waals surface area contributed by atoms with Crippen LogP contribution in [-0.2, 0) is 4.74 Å². The molecular formula is C12H20N4O. The third-order valence-electron chi connectivity index (χ3n) is 2.96. The molecule has 17 heavy (non-hydrogen) atoms. The van der Waals surface area contributed by atoms with E-state index >= 15 is 0 Å². The van der Waals surface area contributed by atoms with Crippen molar-refractivity contribution in [3.8, 4) is 0 Å². The van der Waals surface area contributed by atoms with Crippen LogP contribution in [0.1, 0.15) is 12.8 Å². The van der Waals surface area contributed by atoms with E-state index in [1.54, 1.807) is 6.20 Å². The van der Waals surface area contributed by atoms with Gasteiger partial charge in [-0.25, -0.2) is 4.98 Å². The van der Waals surface area contributed by atoms with Crippen LogP contribution in [0.5, 0.6) is 0 Å². The molecule has 94 valence electrons. The molecular weight excluding hydrogens is 216 g/mol. The maximum atomic E-state index is 5.34. The van der Waals surface area contributed by atoms with Crippen molar-refractivity contribution in [2.75, 3.05) is 44.1 Å². The second-order valence-corrected chi connectivity index (χ2v) is 4.57. The lowest BCUT2D eigenvalue weighted by atomic mass is 10.0. The average Bonchev–Trinajstić information content (AvgIpc) is 2.38. The maximum Gasteiger partial charge on any atom is 0.226 e. The van der Waals surface area contributed by atoms with Crippen molar-refractivity contribution < 1.29 is 4.74 Å². The van der Waals surface area contributed by atoms with Crippen molar-refractivity contribution in [2.24, 2.45) is 5.92 Å². The summed E-state index contributed by atoms with van der Waals surface area (Å²) in [7, 11) is 3.88. The highest BCUT2D eigenvalue weighted by molar-refractivity contribution is 5.40. The molecule has 0 unspecified atom stereocenters. The highest BCUT2D eigenvalue weighted by atomic mass is 16.5. The minimum absolute atomic E-state index is 0.696. The molecule has 0 amide bonds. The van der Waals surface area contributed by atoms with Gasteiger partial charge in [0.05, 0.1) is 0 Å². The number of nitrogens with zero attached hydrogens (tertiary/aromatic N) is 3. The number of aromatic nitrogens is 2. The average molecular weight is 236 g/mol. The summed E-state index contributed by atoms with van der Waals surface area (Å²) in [5.41, 5.74) is 0. The van der Waals surface area contributed by atoms with Crippen molar-refractivity contribution in [1.82, 2.24) is 9.97 Å². The Hall–Kier alpha value is -1.36. The summed E-state index contributed by atoms with van der Waals surface area (Å²) in [5, 5.41) is 3.38. The molecule has 2 rings (SSSR count). The molecule has 0 atom stereocenters. The standard InChI is InChI=1S/C12H20N4O/c1-16(2)12-13-6-3-11(15-12)14-9-10-4-7-17-8-5-10/h3,6,10H,4-5,7-9H2,1-2H3,(H,13,14,15). The fourth-order valence-corrected chi connectivity index (χ4v) is 1.86. The molecule has 5 heteroatoms. The third-order valence-corrected chi connectivity index (χ3v) is 2.96. The van der Waals surface area contributed by atoms with Gasteiger partial charge in [0.15, 0.2) is 0 Å². The number of hydrogen-bond donors (Lipinski definition) is 1. The Balaban J connectivity index is 1.87. The monoisotopic (exact) mass is 236 g/mol. The first-order valence-electron chi connectivity index (χ1n) is 6.07. The zero-order chi connectivity index (χ0) is 12.1. The van der Waals surface area contributed by atoms with Crippen molar-refractivity contribution in [3.63, 3.8) is 0 Å². The van der Waals surface area contributed by atoms with Gasteiger partial charge in [0, 0.05) is 40.1 Å². The lowest BCUT2D eigenvalue weighted by Crippen LogP contribution is -2.23. The van der Waals surface area contributed by atoms with Gasteiger partial charge < -0.3 is 15.0 Å². The molecule has 1 aliphatic heterocycles. The second kappa shape index (κ2) is 5.82. The molecule has 0 aliphatic carbocycles. The van der Waals surface area contributed by atoms with Gasteiger partial charge in [-0.3, -0.25) is 0 Å². The minimum Gasteiger partial charge on any atom is -0.381 e. The van der Waals surface area contributed by atoms with Gasteiger partial charge in [-0.15, -0.1) is 0 Å². The molecule has 2 heterocycles. The fraction of sp³-hybridized carbons (Fsp3) is 0.667. The summed E-state index contributed by atoms with van der Waals surface area (Å²) in [6.45, 7) is 2.74. The van der Waals surface area contributed by atoms with Crippen LogP contribution in [0.3, 0.4) is 0 Å². The first-order chi connectivity index (χ1) is 8.25. The number of nitrogens with one attached hydrogen (secondary N) is 1. The van der Waals surface area contributed by atoms with Gasteiger partial charge in [-0.2, -0.15) is 4.98 Å². The minimum atomic E-state index is 0.696. The van der Waals surface area contributed by atoms with Crippen molar-refractivity contribution in [1.29, 1.82) is 0 Å². The Morgan fingerprint density at radius 2 is 2.18 bits per heavy atom. The molecule has 0 saturated carbocycles. The molecule has 1 fully saturated rings. The molecule has 1 N–H and O–H groups in total. The summed E-state index contributed by atoms with van der Waals surface area (Å²) in [6.07, 6.45) is 4.06. The quantitative estimate of drug-likeness (QED) is 0.856. The van der Waals surface area contributed by atoms with E-state index in [1.807, 2.05) is 25.1 Å². The SMILES string of the molecule is CN(C)c1nccc(NCC2CCOCC2)n1. The van der Waals surface area contributed by atoms with Crippen molar-refractivity contribution in [3.05, 3.63) is 12.3 Å². The summed E-state index contributed by atoms with van der Waals surface area (Å²) < 4.78 is 5.34. The van der Waals surface area contributed by atoms with E-state index in [0.29, 0.717) is 5.92 Å². The van der Waals surface area contributed by atoms with E-state index in [1.165, 1.54) is 0 Å². The van der Waals surface area contributed by atoms with Crippen molar-refractivity contribution >= 4 is 11.8 Å². The Morgan fingerprint density at radius 3 is 2.88 bits per heavy atom. The number of hydrogen-bond acceptors (Lipinski definition) is 5. The van der Waals surface area contributed by atoms with E-state index in [4.69, 9.17) is 4.74 Å². The van der Waals surface area contributed by atoms with Crippen LogP contribution in [0.25, 0.3) is 0 Å². The zero-order valence-electron chi connectivity index (χ0n) is 10.5. The zero-order valence-corrected chi connectivity index (χ0v) is 10.5. The van der Waals surface area contributed by atoms with Gasteiger partial charge in [-0.05, 0) is 24.8 Å². The van der Waals surface area contributed by atoms with Crippen molar-refractivity contribution in [2.45, 2.75) is 12.8 Å². The summed E-state index contributed by atoms with van der Waals surface area (Å²) in [4.78, 5) is 10.5. The lowest BCUT2D eigenvalue weighted by molar-refractivity contribution is 0.0699. The Kier molecular flexibility index (Phi) is 4.14. The molecule has 1 aromatic heterocycles. The van der Waals surface area contributed by atoms with Crippen LogP contribution >= 0.6 is 0 Å². The summed E-state index contributed by atoms with van der Waals surface area (Å²) in [5.74, 6) is 2.33. The summed E-state index contributed by atoms with van der Waals surface area (Å²) in [6, 6.07) is 1.91. The maximum absolute atomic E-state index is 5.34. The van der Waals surface area contributed by atoms with E-state index in [2.05, 4.69) is 15.3 Å². The molecule has 0 bridgehead atoms. The predicted molar refractivity (Wildman–Crippen MR) is 68.4 cm³/mol. The first-order valence-corrected chi connectivity index (χ1v) is 6.07. The fourth-order valence-electron chi connectivity index (χ4n) is 1.86. The first kappa shape index (κ1) is 12.1. The van der Waals surface area contributed by atoms with E-state index in [-0.39, 0.29) is 0 Å². The predicted octanol–water partition coefficient (Wildman–Crippen LogP) is 1.38. The Bertz CT molecular complexity index is 350. The second-order valence-electron chi connectivity index (χ2n) is 4.57. The normalized spacial score (nSPS) is 16.8. The molecule has 0 radical (unpaired) electrons. The number of anilines is 2. The van der Waals surface area contributed by atoms with E-state index in [9.17, 15) is 0 Å². The van der Waals surface area contributed by atoms with Gasteiger partial charge in [-0.1, -0.05) is 0 Å². The van der Waals surface area contributed by atoms with Gasteiger partial charge in [0.2, 0.25) is 5.95 Å². The lowest BCUT2D eigenvalue weighted by Gasteiger charge is -2.22. The Labute approximate surface area is 102 Å². The van der Waals surface area contributed by atoms with Gasteiger partial charge in [0.25, 0.3) is 0 Å². The molecule has 5 nitrogen and oxygen atoms in total. The van der Waals surface area contributed by atoms with E-state index < -0.39 is 0 Å². The van der Waals surface area contributed by atoms with Gasteiger partial charge in [0.1, 0.15) is 5.82 Å². The highest BCUT2D eigenvalue weighted by Gasteiger charge is 2.13. The Morgan fingerprint density at radius 1 is 1.41 bits per heavy atom. The van der Waals surface area contributed by atoms with E-state index in [0.717, 1.165) is 44.4 Å². The largest absolute Gasteiger partial charge is 0.381 e. The van der Waals surface area contributed by atoms with Crippen LogP contribution in [0.4, 0.5) is 11.8 Å². The van der Waals surface area contributed by atoms with Crippen LogP contribution in [0.2, 0.25) is 0 Å². The van der Waals surface area contributed by atoms with Crippen LogP contribution in [0, 0.1) is 5.92 Å². The van der Waals surface area contributed by atoms with Crippen LogP contribution in [-0.4, -0.2) is 43.8 Å². The molecule has 0 aromatic carbocycles. The molecule has 1 aliphatic rings. The third kappa shape index (κ3) is 3.56. The molecule has 1 saturated heterocycles. The molecule has 0 spiro atoms. The summed E-state index contributed by atoms with van der Waals surface area (Å²) >= 11 is 0.